The molecule has 0 amide bonds. The van der Waals surface area contributed by atoms with Crippen molar-refractivity contribution in [3.05, 3.63) is 24.5 Å². The fourth-order valence-corrected chi connectivity index (χ4v) is 1.88. The predicted molar refractivity (Wildman–Crippen MR) is 62.0 cm³/mol. The molecule has 1 aromatic rings. The molecule has 0 aromatic carbocycles. The molecule has 0 radical (unpaired) electrons. The first kappa shape index (κ1) is 14.6. The van der Waals surface area contributed by atoms with Crippen molar-refractivity contribution < 1.29 is 29.4 Å². The van der Waals surface area contributed by atoms with Crippen molar-refractivity contribution in [2.45, 2.75) is 11.8 Å². The fraction of sp³-hybridized carbons (Fsp3) is 0.333. The lowest BCUT2D eigenvalue weighted by molar-refractivity contribution is -0.151. The Bertz CT molecular complexity index is 461. The fourth-order valence-electron chi connectivity index (χ4n) is 1.23. The van der Waals surface area contributed by atoms with Gasteiger partial charge in [-0.1, -0.05) is 0 Å². The summed E-state index contributed by atoms with van der Waals surface area (Å²) in [7, 11) is -5.16. The lowest BCUT2D eigenvalue weighted by Gasteiger charge is -2.24. The number of carboxylic acids is 1. The van der Waals surface area contributed by atoms with Gasteiger partial charge >= 0.3 is 13.6 Å². The van der Waals surface area contributed by atoms with Crippen LogP contribution in [0.2, 0.25) is 0 Å². The minimum Gasteiger partial charge on any atom is -0.479 e. The number of aliphatic hydroxyl groups is 1. The second-order valence-electron chi connectivity index (χ2n) is 3.58. The van der Waals surface area contributed by atoms with Gasteiger partial charge in [-0.25, -0.2) is 4.79 Å². The number of carboxylic acid groups (broad SMARTS) is 1. The Balaban J connectivity index is 2.66. The summed E-state index contributed by atoms with van der Waals surface area (Å²) in [4.78, 5) is 32.2. The van der Waals surface area contributed by atoms with E-state index in [1.165, 1.54) is 12.4 Å². The number of nitrogens with zero attached hydrogens (tertiary/aromatic N) is 1. The molecular formula is C9H13N2O6P. The summed E-state index contributed by atoms with van der Waals surface area (Å²) in [5.74, 6) is -1.95. The van der Waals surface area contributed by atoms with E-state index in [9.17, 15) is 14.5 Å². The van der Waals surface area contributed by atoms with Gasteiger partial charge in [-0.15, -0.1) is 0 Å². The van der Waals surface area contributed by atoms with Crippen molar-refractivity contribution in [3.63, 3.8) is 0 Å². The predicted octanol–water partition coefficient (Wildman–Crippen LogP) is -0.166. The first-order valence-electron chi connectivity index (χ1n) is 4.93. The van der Waals surface area contributed by atoms with Crippen molar-refractivity contribution >= 4 is 19.3 Å². The molecule has 0 aliphatic carbocycles. The van der Waals surface area contributed by atoms with Crippen LogP contribution in [0.5, 0.6) is 0 Å². The summed E-state index contributed by atoms with van der Waals surface area (Å²) in [5, 5.41) is 17.8. The zero-order chi connectivity index (χ0) is 13.8. The van der Waals surface area contributed by atoms with Crippen LogP contribution in [0.3, 0.4) is 0 Å². The van der Waals surface area contributed by atoms with E-state index < -0.39 is 25.3 Å². The Labute approximate surface area is 102 Å². The summed E-state index contributed by atoms with van der Waals surface area (Å²) in [6.45, 7) is -0.125. The van der Waals surface area contributed by atoms with Gasteiger partial charge in [-0.05, 0) is 12.1 Å². The lowest BCUT2D eigenvalue weighted by atomic mass is 10.2. The molecular weight excluding hydrogens is 263 g/mol. The quantitative estimate of drug-likeness (QED) is 0.451. The number of hydrogen-bond donors (Lipinski definition) is 5. The number of nitrogens with one attached hydrogen (secondary N) is 1. The van der Waals surface area contributed by atoms with Crippen LogP contribution < -0.4 is 5.32 Å². The number of hydrogen-bond acceptors (Lipinski definition) is 5. The van der Waals surface area contributed by atoms with Gasteiger partial charge < -0.3 is 25.3 Å². The van der Waals surface area contributed by atoms with Crippen LogP contribution in [-0.2, 0) is 9.36 Å². The molecule has 0 saturated carbocycles. The molecule has 18 heavy (non-hydrogen) atoms. The number of aromatic nitrogens is 1. The van der Waals surface area contributed by atoms with Crippen LogP contribution in [0.25, 0.3) is 0 Å². The van der Waals surface area contributed by atoms with E-state index in [0.717, 1.165) is 0 Å². The zero-order valence-corrected chi connectivity index (χ0v) is 10.1. The molecule has 0 saturated heterocycles. The maximum atomic E-state index is 11.0. The standard InChI is InChI=1S/C9H13N2O6P/c12-8(13)9(14,18(15,16)17)3-5-11-7-2-1-4-10-6-7/h1-2,4,6,11,14H,3,5H2,(H,12,13)(H2,15,16,17). The van der Waals surface area contributed by atoms with E-state index in [-0.39, 0.29) is 6.54 Å². The van der Waals surface area contributed by atoms with E-state index in [0.29, 0.717) is 5.69 Å². The molecule has 5 N–H and O–H groups in total. The minimum atomic E-state index is -5.16. The monoisotopic (exact) mass is 276 g/mol. The minimum absolute atomic E-state index is 0.125. The Morgan fingerprint density at radius 1 is 1.50 bits per heavy atom. The molecule has 0 aliphatic rings. The molecule has 1 rings (SSSR count). The van der Waals surface area contributed by atoms with Gasteiger partial charge in [0, 0.05) is 25.4 Å². The van der Waals surface area contributed by atoms with Crippen LogP contribution in [0.4, 0.5) is 5.69 Å². The van der Waals surface area contributed by atoms with E-state index in [1.807, 2.05) is 0 Å². The van der Waals surface area contributed by atoms with Crippen molar-refractivity contribution in [2.24, 2.45) is 0 Å². The van der Waals surface area contributed by atoms with Crippen molar-refractivity contribution in [1.82, 2.24) is 4.98 Å². The SMILES string of the molecule is O=C(O)C(O)(CCNc1cccnc1)P(=O)(O)O. The molecule has 0 bridgehead atoms. The largest absolute Gasteiger partial charge is 0.479 e. The summed E-state index contributed by atoms with van der Waals surface area (Å²) in [6, 6.07) is 3.28. The molecule has 1 aromatic heterocycles. The van der Waals surface area contributed by atoms with Crippen molar-refractivity contribution in [3.8, 4) is 0 Å². The van der Waals surface area contributed by atoms with Crippen LogP contribution in [0.15, 0.2) is 24.5 Å². The number of rotatable bonds is 6. The molecule has 1 unspecified atom stereocenters. The van der Waals surface area contributed by atoms with Gasteiger partial charge in [0.2, 0.25) is 0 Å². The molecule has 0 spiro atoms. The molecule has 8 nitrogen and oxygen atoms in total. The van der Waals surface area contributed by atoms with Crippen LogP contribution >= 0.6 is 7.60 Å². The number of anilines is 1. The first-order chi connectivity index (χ1) is 8.27. The molecule has 0 fully saturated rings. The summed E-state index contributed by atoms with van der Waals surface area (Å²) in [5.41, 5.74) is 0.552. The third-order valence-corrected chi connectivity index (χ3v) is 3.67. The Kier molecular flexibility index (Phi) is 4.42. The van der Waals surface area contributed by atoms with E-state index in [1.54, 1.807) is 12.1 Å². The Morgan fingerprint density at radius 2 is 2.17 bits per heavy atom. The Morgan fingerprint density at radius 3 is 2.61 bits per heavy atom. The van der Waals surface area contributed by atoms with Crippen molar-refractivity contribution in [1.29, 1.82) is 0 Å². The number of pyridine rings is 1. The smallest absolute Gasteiger partial charge is 0.368 e. The third-order valence-electron chi connectivity index (χ3n) is 2.29. The molecule has 0 aliphatic heterocycles. The van der Waals surface area contributed by atoms with Crippen LogP contribution in [0, 0.1) is 0 Å². The highest BCUT2D eigenvalue weighted by Crippen LogP contribution is 2.50. The molecule has 100 valence electrons. The third kappa shape index (κ3) is 3.27. The number of aliphatic carboxylic acids is 1. The van der Waals surface area contributed by atoms with Gasteiger partial charge in [-0.2, -0.15) is 0 Å². The van der Waals surface area contributed by atoms with Crippen LogP contribution in [0.1, 0.15) is 6.42 Å². The van der Waals surface area contributed by atoms with E-state index in [4.69, 9.17) is 14.9 Å². The highest BCUT2D eigenvalue weighted by molar-refractivity contribution is 7.54. The second kappa shape index (κ2) is 5.45. The van der Waals surface area contributed by atoms with Gasteiger partial charge in [0.1, 0.15) is 0 Å². The van der Waals surface area contributed by atoms with Gasteiger partial charge in [0.05, 0.1) is 5.69 Å². The van der Waals surface area contributed by atoms with Crippen LogP contribution in [-0.4, -0.2) is 42.8 Å². The average Bonchev–Trinajstić information content (AvgIpc) is 2.28. The van der Waals surface area contributed by atoms with Crippen molar-refractivity contribution in [2.75, 3.05) is 11.9 Å². The zero-order valence-electron chi connectivity index (χ0n) is 9.22. The average molecular weight is 276 g/mol. The maximum absolute atomic E-state index is 11.0. The Hall–Kier alpha value is -1.47. The highest BCUT2D eigenvalue weighted by atomic mass is 31.2. The van der Waals surface area contributed by atoms with Gasteiger partial charge in [-0.3, -0.25) is 9.55 Å². The first-order valence-corrected chi connectivity index (χ1v) is 6.54. The van der Waals surface area contributed by atoms with Gasteiger partial charge in [0.25, 0.3) is 5.34 Å². The topological polar surface area (TPSA) is 140 Å². The molecule has 1 atom stereocenters. The maximum Gasteiger partial charge on any atom is 0.368 e. The molecule has 1 heterocycles. The summed E-state index contributed by atoms with van der Waals surface area (Å²) >= 11 is 0. The summed E-state index contributed by atoms with van der Waals surface area (Å²) in [6.07, 6.45) is 2.35. The lowest BCUT2D eigenvalue weighted by Crippen LogP contribution is -2.40. The second-order valence-corrected chi connectivity index (χ2v) is 5.41. The molecule has 9 heteroatoms. The van der Waals surface area contributed by atoms with E-state index in [2.05, 4.69) is 10.3 Å². The normalized spacial score (nSPS) is 14.8. The number of carbonyl (C=O) groups is 1. The van der Waals surface area contributed by atoms with E-state index >= 15 is 0 Å². The highest BCUT2D eigenvalue weighted by Gasteiger charge is 2.52. The van der Waals surface area contributed by atoms with Gasteiger partial charge in [0.15, 0.2) is 0 Å². The summed E-state index contributed by atoms with van der Waals surface area (Å²) < 4.78 is 11.0.